The van der Waals surface area contributed by atoms with E-state index in [4.69, 9.17) is 5.73 Å². The fourth-order valence-electron chi connectivity index (χ4n) is 3.31. The Kier molecular flexibility index (Phi) is 5.47. The predicted molar refractivity (Wildman–Crippen MR) is 88.4 cm³/mol. The van der Waals surface area contributed by atoms with Gasteiger partial charge in [0.1, 0.15) is 0 Å². The molecule has 1 aromatic carbocycles. The monoisotopic (exact) mass is 274 g/mol. The van der Waals surface area contributed by atoms with Crippen LogP contribution in [0, 0.1) is 12.8 Å². The highest BCUT2D eigenvalue weighted by atomic mass is 15.2. The van der Waals surface area contributed by atoms with Crippen molar-refractivity contribution in [1.29, 1.82) is 0 Å². The van der Waals surface area contributed by atoms with Crippen LogP contribution < -0.4 is 10.6 Å². The molecule has 0 aliphatic carbocycles. The Morgan fingerprint density at radius 2 is 2.15 bits per heavy atom. The number of nitrogens with two attached hydrogens (primary N) is 1. The minimum atomic E-state index is 0.282. The molecule has 20 heavy (non-hydrogen) atoms. The van der Waals surface area contributed by atoms with Crippen molar-refractivity contribution in [2.45, 2.75) is 58.9 Å². The maximum absolute atomic E-state index is 6.18. The fraction of sp³-hybridized carbons (Fsp3) is 0.667. The maximum Gasteiger partial charge on any atom is 0.0399 e. The zero-order valence-electron chi connectivity index (χ0n) is 13.4. The standard InChI is InChI=1S/C18H30N2/c1-4-6-15-9-10-20(13-15)18-8-7-14(3)11-16(18)12-17(19)5-2/h7-8,11,15,17H,4-6,9-10,12-13,19H2,1-3H3. The van der Waals surface area contributed by atoms with Crippen molar-refractivity contribution in [1.82, 2.24) is 0 Å². The Morgan fingerprint density at radius 3 is 2.85 bits per heavy atom. The quantitative estimate of drug-likeness (QED) is 0.852. The molecule has 1 saturated heterocycles. The van der Waals surface area contributed by atoms with E-state index in [9.17, 15) is 0 Å². The van der Waals surface area contributed by atoms with Gasteiger partial charge < -0.3 is 10.6 Å². The molecule has 0 bridgehead atoms. The number of rotatable bonds is 6. The Bertz CT molecular complexity index is 427. The molecule has 0 amide bonds. The van der Waals surface area contributed by atoms with E-state index in [1.54, 1.807) is 0 Å². The first-order chi connectivity index (χ1) is 9.63. The molecule has 0 radical (unpaired) electrons. The molecule has 2 unspecified atom stereocenters. The molecule has 1 aliphatic heterocycles. The lowest BCUT2D eigenvalue weighted by molar-refractivity contribution is 0.529. The second kappa shape index (κ2) is 7.12. The summed E-state index contributed by atoms with van der Waals surface area (Å²) in [7, 11) is 0. The molecular weight excluding hydrogens is 244 g/mol. The highest BCUT2D eigenvalue weighted by Gasteiger charge is 2.23. The van der Waals surface area contributed by atoms with Gasteiger partial charge in [0.2, 0.25) is 0 Å². The fourth-order valence-corrected chi connectivity index (χ4v) is 3.31. The molecule has 1 aromatic rings. The lowest BCUT2D eigenvalue weighted by Crippen LogP contribution is -2.25. The molecule has 2 nitrogen and oxygen atoms in total. The summed E-state index contributed by atoms with van der Waals surface area (Å²) in [6, 6.07) is 7.16. The van der Waals surface area contributed by atoms with Crippen LogP contribution in [0.3, 0.4) is 0 Å². The summed E-state index contributed by atoms with van der Waals surface area (Å²) < 4.78 is 0. The number of aryl methyl sites for hydroxylation is 1. The van der Waals surface area contributed by atoms with E-state index >= 15 is 0 Å². The smallest absolute Gasteiger partial charge is 0.0399 e. The molecule has 1 heterocycles. The van der Waals surface area contributed by atoms with Gasteiger partial charge in [0.25, 0.3) is 0 Å². The zero-order valence-corrected chi connectivity index (χ0v) is 13.4. The maximum atomic E-state index is 6.18. The highest BCUT2D eigenvalue weighted by molar-refractivity contribution is 5.56. The van der Waals surface area contributed by atoms with Gasteiger partial charge in [0.15, 0.2) is 0 Å². The largest absolute Gasteiger partial charge is 0.371 e. The van der Waals surface area contributed by atoms with E-state index in [0.29, 0.717) is 0 Å². The van der Waals surface area contributed by atoms with Gasteiger partial charge in [-0.3, -0.25) is 0 Å². The van der Waals surface area contributed by atoms with E-state index < -0.39 is 0 Å². The number of nitrogens with zero attached hydrogens (tertiary/aromatic N) is 1. The molecule has 1 fully saturated rings. The number of hydrogen-bond acceptors (Lipinski definition) is 2. The van der Waals surface area contributed by atoms with Gasteiger partial charge in [-0.15, -0.1) is 0 Å². The van der Waals surface area contributed by atoms with Gasteiger partial charge in [-0.2, -0.15) is 0 Å². The average molecular weight is 274 g/mol. The van der Waals surface area contributed by atoms with Crippen LogP contribution in [-0.2, 0) is 6.42 Å². The predicted octanol–water partition coefficient (Wildman–Crippen LogP) is 3.90. The van der Waals surface area contributed by atoms with Crippen molar-refractivity contribution < 1.29 is 0 Å². The second-order valence-corrected chi connectivity index (χ2v) is 6.39. The van der Waals surface area contributed by atoms with Crippen molar-refractivity contribution in [3.05, 3.63) is 29.3 Å². The minimum Gasteiger partial charge on any atom is -0.371 e. The molecule has 2 atom stereocenters. The summed E-state index contributed by atoms with van der Waals surface area (Å²) in [5, 5.41) is 0. The van der Waals surface area contributed by atoms with E-state index in [2.05, 4.69) is 43.9 Å². The zero-order chi connectivity index (χ0) is 14.5. The Morgan fingerprint density at radius 1 is 1.35 bits per heavy atom. The third kappa shape index (κ3) is 3.76. The molecule has 0 spiro atoms. The summed E-state index contributed by atoms with van der Waals surface area (Å²) in [5.41, 5.74) is 10.4. The topological polar surface area (TPSA) is 29.3 Å². The van der Waals surface area contributed by atoms with Gasteiger partial charge in [-0.1, -0.05) is 38.0 Å². The lowest BCUT2D eigenvalue weighted by Gasteiger charge is -2.24. The number of benzene rings is 1. The molecule has 2 rings (SSSR count). The Hall–Kier alpha value is -1.02. The third-order valence-corrected chi connectivity index (χ3v) is 4.56. The summed E-state index contributed by atoms with van der Waals surface area (Å²) in [6.07, 6.45) is 6.07. The molecule has 1 aliphatic rings. The Balaban J connectivity index is 2.14. The van der Waals surface area contributed by atoms with Crippen LogP contribution >= 0.6 is 0 Å². The third-order valence-electron chi connectivity index (χ3n) is 4.56. The van der Waals surface area contributed by atoms with E-state index in [1.165, 1.54) is 49.2 Å². The molecule has 0 aromatic heterocycles. The normalized spacial score (nSPS) is 20.4. The van der Waals surface area contributed by atoms with Gasteiger partial charge in [0.05, 0.1) is 0 Å². The van der Waals surface area contributed by atoms with Crippen molar-refractivity contribution in [2.24, 2.45) is 11.7 Å². The van der Waals surface area contributed by atoms with E-state index in [0.717, 1.165) is 18.8 Å². The first-order valence-electron chi connectivity index (χ1n) is 8.24. The summed E-state index contributed by atoms with van der Waals surface area (Å²) in [4.78, 5) is 2.58. The number of hydrogen-bond donors (Lipinski definition) is 1. The SMILES string of the molecule is CCCC1CCN(c2ccc(C)cc2CC(N)CC)C1. The summed E-state index contributed by atoms with van der Waals surface area (Å²) in [6.45, 7) is 9.08. The van der Waals surface area contributed by atoms with Crippen molar-refractivity contribution in [3.63, 3.8) is 0 Å². The minimum absolute atomic E-state index is 0.282. The highest BCUT2D eigenvalue weighted by Crippen LogP contribution is 2.30. The second-order valence-electron chi connectivity index (χ2n) is 6.39. The van der Waals surface area contributed by atoms with Crippen LogP contribution in [-0.4, -0.2) is 19.1 Å². The van der Waals surface area contributed by atoms with Gasteiger partial charge in [0, 0.05) is 24.8 Å². The van der Waals surface area contributed by atoms with Crippen LogP contribution in [0.5, 0.6) is 0 Å². The molecular formula is C18H30N2. The lowest BCUT2D eigenvalue weighted by atomic mass is 10.00. The van der Waals surface area contributed by atoms with E-state index in [-0.39, 0.29) is 6.04 Å². The summed E-state index contributed by atoms with van der Waals surface area (Å²) >= 11 is 0. The van der Waals surface area contributed by atoms with E-state index in [1.807, 2.05) is 0 Å². The first-order valence-corrected chi connectivity index (χ1v) is 8.24. The van der Waals surface area contributed by atoms with Crippen LogP contribution in [0.1, 0.15) is 50.7 Å². The Labute approximate surface area is 124 Å². The molecule has 2 heteroatoms. The molecule has 112 valence electrons. The number of anilines is 1. The molecule has 2 N–H and O–H groups in total. The molecule has 0 saturated carbocycles. The van der Waals surface area contributed by atoms with Gasteiger partial charge in [-0.25, -0.2) is 0 Å². The van der Waals surface area contributed by atoms with Crippen molar-refractivity contribution >= 4 is 5.69 Å². The van der Waals surface area contributed by atoms with Gasteiger partial charge >= 0.3 is 0 Å². The van der Waals surface area contributed by atoms with Crippen molar-refractivity contribution in [2.75, 3.05) is 18.0 Å². The van der Waals surface area contributed by atoms with Crippen LogP contribution in [0.25, 0.3) is 0 Å². The van der Waals surface area contributed by atoms with Crippen LogP contribution in [0.4, 0.5) is 5.69 Å². The average Bonchev–Trinajstić information content (AvgIpc) is 2.87. The van der Waals surface area contributed by atoms with Crippen molar-refractivity contribution in [3.8, 4) is 0 Å². The van der Waals surface area contributed by atoms with Crippen LogP contribution in [0.2, 0.25) is 0 Å². The first kappa shape index (κ1) is 15.4. The summed E-state index contributed by atoms with van der Waals surface area (Å²) in [5.74, 6) is 0.883. The van der Waals surface area contributed by atoms with Gasteiger partial charge in [-0.05, 0) is 50.2 Å². The van der Waals surface area contributed by atoms with Crippen LogP contribution in [0.15, 0.2) is 18.2 Å².